The molecular weight excluding hydrogens is 126 g/mol. The van der Waals surface area contributed by atoms with Gasteiger partial charge < -0.3 is 5.32 Å². The lowest BCUT2D eigenvalue weighted by Crippen LogP contribution is -2.17. The summed E-state index contributed by atoms with van der Waals surface area (Å²) in [6.45, 7) is 1.90. The van der Waals surface area contributed by atoms with E-state index in [2.05, 4.69) is 5.32 Å². The van der Waals surface area contributed by atoms with Gasteiger partial charge >= 0.3 is 0 Å². The van der Waals surface area contributed by atoms with Gasteiger partial charge in [0.1, 0.15) is 0 Å². The topological polar surface area (TPSA) is 29.1 Å². The molecule has 0 saturated heterocycles. The standard InChI is InChI=1S/C8H13NO/c1-6-7(9-2)4-3-5-8(6)10/h9H,3-5H2,1-2H3. The summed E-state index contributed by atoms with van der Waals surface area (Å²) in [5, 5.41) is 3.04. The van der Waals surface area contributed by atoms with Gasteiger partial charge in [-0.3, -0.25) is 4.79 Å². The van der Waals surface area contributed by atoms with Gasteiger partial charge in [0.05, 0.1) is 0 Å². The van der Waals surface area contributed by atoms with E-state index in [0.717, 1.165) is 30.5 Å². The monoisotopic (exact) mass is 139 g/mol. The first-order valence-corrected chi connectivity index (χ1v) is 3.66. The molecule has 0 radical (unpaired) electrons. The van der Waals surface area contributed by atoms with E-state index >= 15 is 0 Å². The average molecular weight is 139 g/mol. The highest BCUT2D eigenvalue weighted by Crippen LogP contribution is 2.18. The number of rotatable bonds is 1. The summed E-state index contributed by atoms with van der Waals surface area (Å²) >= 11 is 0. The lowest BCUT2D eigenvalue weighted by molar-refractivity contribution is -0.116. The number of allylic oxidation sites excluding steroid dienone is 2. The summed E-state index contributed by atoms with van der Waals surface area (Å²) in [5.74, 6) is 0.301. The van der Waals surface area contributed by atoms with Crippen molar-refractivity contribution in [2.75, 3.05) is 7.05 Å². The molecule has 2 heteroatoms. The van der Waals surface area contributed by atoms with Gasteiger partial charge in [-0.2, -0.15) is 0 Å². The van der Waals surface area contributed by atoms with Crippen molar-refractivity contribution in [1.82, 2.24) is 5.32 Å². The van der Waals surface area contributed by atoms with E-state index in [-0.39, 0.29) is 0 Å². The van der Waals surface area contributed by atoms with Crippen molar-refractivity contribution in [2.24, 2.45) is 0 Å². The Morgan fingerprint density at radius 1 is 1.40 bits per heavy atom. The first kappa shape index (κ1) is 7.32. The third-order valence-corrected chi connectivity index (χ3v) is 2.00. The molecule has 0 bridgehead atoms. The fraction of sp³-hybridized carbons (Fsp3) is 0.625. The van der Waals surface area contributed by atoms with Gasteiger partial charge in [-0.15, -0.1) is 0 Å². The van der Waals surface area contributed by atoms with Crippen LogP contribution in [0.4, 0.5) is 0 Å². The Balaban J connectivity index is 2.82. The van der Waals surface area contributed by atoms with Crippen molar-refractivity contribution in [3.63, 3.8) is 0 Å². The van der Waals surface area contributed by atoms with Crippen molar-refractivity contribution >= 4 is 5.78 Å². The smallest absolute Gasteiger partial charge is 0.160 e. The minimum absolute atomic E-state index is 0.301. The second-order valence-corrected chi connectivity index (χ2v) is 2.63. The molecule has 0 aromatic rings. The minimum atomic E-state index is 0.301. The van der Waals surface area contributed by atoms with E-state index < -0.39 is 0 Å². The van der Waals surface area contributed by atoms with Crippen LogP contribution in [-0.4, -0.2) is 12.8 Å². The Morgan fingerprint density at radius 3 is 2.60 bits per heavy atom. The summed E-state index contributed by atoms with van der Waals surface area (Å²) < 4.78 is 0. The second-order valence-electron chi connectivity index (χ2n) is 2.63. The molecule has 0 fully saturated rings. The predicted molar refractivity (Wildman–Crippen MR) is 40.6 cm³/mol. The van der Waals surface area contributed by atoms with E-state index in [0.29, 0.717) is 5.78 Å². The van der Waals surface area contributed by atoms with Gasteiger partial charge in [0.25, 0.3) is 0 Å². The summed E-state index contributed by atoms with van der Waals surface area (Å²) in [6, 6.07) is 0. The van der Waals surface area contributed by atoms with E-state index in [9.17, 15) is 4.79 Å². The number of carbonyl (C=O) groups is 1. The fourth-order valence-electron chi connectivity index (χ4n) is 1.28. The second kappa shape index (κ2) is 2.86. The van der Waals surface area contributed by atoms with Crippen LogP contribution in [0.2, 0.25) is 0 Å². The summed E-state index contributed by atoms with van der Waals surface area (Å²) in [7, 11) is 1.87. The van der Waals surface area contributed by atoms with Crippen LogP contribution in [0.1, 0.15) is 26.2 Å². The molecule has 1 aliphatic rings. The van der Waals surface area contributed by atoms with E-state index in [1.165, 1.54) is 0 Å². The van der Waals surface area contributed by atoms with Crippen molar-refractivity contribution in [3.05, 3.63) is 11.3 Å². The Hall–Kier alpha value is -0.790. The van der Waals surface area contributed by atoms with Crippen molar-refractivity contribution in [2.45, 2.75) is 26.2 Å². The summed E-state index contributed by atoms with van der Waals surface area (Å²) in [6.07, 6.45) is 2.78. The third kappa shape index (κ3) is 1.20. The summed E-state index contributed by atoms with van der Waals surface area (Å²) in [5.41, 5.74) is 2.05. The van der Waals surface area contributed by atoms with Crippen LogP contribution in [0, 0.1) is 0 Å². The molecule has 1 rings (SSSR count). The van der Waals surface area contributed by atoms with Gasteiger partial charge in [0.15, 0.2) is 5.78 Å². The van der Waals surface area contributed by atoms with Crippen LogP contribution in [-0.2, 0) is 4.79 Å². The van der Waals surface area contributed by atoms with E-state index in [1.807, 2.05) is 14.0 Å². The molecule has 0 aliphatic heterocycles. The van der Waals surface area contributed by atoms with Gasteiger partial charge in [-0.1, -0.05) is 0 Å². The Bertz CT molecular complexity index is 182. The molecule has 1 aliphatic carbocycles. The Morgan fingerprint density at radius 2 is 2.10 bits per heavy atom. The highest BCUT2D eigenvalue weighted by molar-refractivity contribution is 5.96. The maximum Gasteiger partial charge on any atom is 0.160 e. The largest absolute Gasteiger partial charge is 0.391 e. The van der Waals surface area contributed by atoms with Crippen LogP contribution in [0.25, 0.3) is 0 Å². The SMILES string of the molecule is CNC1=C(C)C(=O)CCC1. The number of Topliss-reactive ketones (excluding diaryl/α,β-unsaturated/α-hetero) is 1. The number of nitrogens with one attached hydrogen (secondary N) is 1. The van der Waals surface area contributed by atoms with Crippen LogP contribution in [0.3, 0.4) is 0 Å². The maximum absolute atomic E-state index is 11.1. The Labute approximate surface area is 61.3 Å². The number of hydrogen-bond donors (Lipinski definition) is 1. The maximum atomic E-state index is 11.1. The van der Waals surface area contributed by atoms with Gasteiger partial charge in [0.2, 0.25) is 0 Å². The minimum Gasteiger partial charge on any atom is -0.391 e. The zero-order valence-electron chi connectivity index (χ0n) is 6.53. The third-order valence-electron chi connectivity index (χ3n) is 2.00. The molecule has 1 N–H and O–H groups in total. The molecule has 0 atom stereocenters. The Kier molecular flexibility index (Phi) is 2.10. The average Bonchev–Trinajstić information content (AvgIpc) is 1.95. The van der Waals surface area contributed by atoms with Crippen molar-refractivity contribution in [1.29, 1.82) is 0 Å². The molecular formula is C8H13NO. The molecule has 0 aromatic carbocycles. The number of carbonyl (C=O) groups excluding carboxylic acids is 1. The highest BCUT2D eigenvalue weighted by Gasteiger charge is 2.14. The lowest BCUT2D eigenvalue weighted by Gasteiger charge is -2.15. The van der Waals surface area contributed by atoms with Crippen molar-refractivity contribution in [3.8, 4) is 0 Å². The molecule has 2 nitrogen and oxygen atoms in total. The molecule has 0 aromatic heterocycles. The molecule has 56 valence electrons. The quantitative estimate of drug-likeness (QED) is 0.592. The molecule has 0 amide bonds. The lowest BCUT2D eigenvalue weighted by atomic mass is 9.96. The molecule has 0 spiro atoms. The fourth-order valence-corrected chi connectivity index (χ4v) is 1.28. The van der Waals surface area contributed by atoms with E-state index in [4.69, 9.17) is 0 Å². The van der Waals surface area contributed by atoms with Gasteiger partial charge in [-0.25, -0.2) is 0 Å². The van der Waals surface area contributed by atoms with Crippen LogP contribution >= 0.6 is 0 Å². The first-order valence-electron chi connectivity index (χ1n) is 3.66. The zero-order valence-corrected chi connectivity index (χ0v) is 6.53. The number of hydrogen-bond acceptors (Lipinski definition) is 2. The molecule has 0 heterocycles. The normalized spacial score (nSPS) is 19.6. The van der Waals surface area contributed by atoms with Crippen LogP contribution < -0.4 is 5.32 Å². The predicted octanol–water partition coefficient (Wildman–Crippen LogP) is 1.23. The first-order chi connectivity index (χ1) is 4.75. The van der Waals surface area contributed by atoms with E-state index in [1.54, 1.807) is 0 Å². The van der Waals surface area contributed by atoms with Crippen molar-refractivity contribution < 1.29 is 4.79 Å². The zero-order chi connectivity index (χ0) is 7.56. The highest BCUT2D eigenvalue weighted by atomic mass is 16.1. The van der Waals surface area contributed by atoms with Gasteiger partial charge in [-0.05, 0) is 19.8 Å². The van der Waals surface area contributed by atoms with Crippen LogP contribution in [0.15, 0.2) is 11.3 Å². The molecule has 0 saturated carbocycles. The van der Waals surface area contributed by atoms with Gasteiger partial charge in [0, 0.05) is 24.7 Å². The molecule has 10 heavy (non-hydrogen) atoms. The number of ketones is 1. The summed E-state index contributed by atoms with van der Waals surface area (Å²) in [4.78, 5) is 11.1. The van der Waals surface area contributed by atoms with Crippen LogP contribution in [0.5, 0.6) is 0 Å². The molecule has 0 unspecified atom stereocenters.